The smallest absolute Gasteiger partial charge is 0.292 e. The summed E-state index contributed by atoms with van der Waals surface area (Å²) in [6, 6.07) is 1.16. The first-order valence-electron chi connectivity index (χ1n) is 7.48. The van der Waals surface area contributed by atoms with Crippen LogP contribution in [0, 0.1) is 5.92 Å². The van der Waals surface area contributed by atoms with Crippen molar-refractivity contribution >= 4 is 5.91 Å². The third kappa shape index (κ3) is 2.98. The quantitative estimate of drug-likeness (QED) is 0.929. The van der Waals surface area contributed by atoms with E-state index in [9.17, 15) is 9.59 Å². The van der Waals surface area contributed by atoms with Crippen molar-refractivity contribution in [2.45, 2.75) is 39.7 Å². The fraction of sp³-hybridized carbons (Fsp3) is 0.533. The topological polar surface area (TPSA) is 92.3 Å². The third-order valence-electron chi connectivity index (χ3n) is 3.73. The van der Waals surface area contributed by atoms with Gasteiger partial charge >= 0.3 is 0 Å². The van der Waals surface area contributed by atoms with Crippen LogP contribution < -0.4 is 5.56 Å². The molecule has 0 aliphatic carbocycles. The summed E-state index contributed by atoms with van der Waals surface area (Å²) in [5, 5.41) is 2.13. The molecule has 22 heavy (non-hydrogen) atoms. The van der Waals surface area contributed by atoms with Crippen molar-refractivity contribution < 1.29 is 13.7 Å². The number of H-pyrrole nitrogens is 1. The van der Waals surface area contributed by atoms with E-state index in [1.807, 2.05) is 0 Å². The standard InChI is InChI=1S/C15H19N3O4/c1-9(2)3-4-14-16-10-8-18(6-5-11(10)21-14)15(20)12-7-13(19)17-22-12/h7,9H,3-6,8H2,1-2H3,(H,17,19). The summed E-state index contributed by atoms with van der Waals surface area (Å²) in [7, 11) is 0. The molecule has 0 radical (unpaired) electrons. The highest BCUT2D eigenvalue weighted by atomic mass is 16.5. The number of oxazole rings is 1. The molecule has 1 aliphatic rings. The number of nitrogens with zero attached hydrogens (tertiary/aromatic N) is 2. The van der Waals surface area contributed by atoms with Gasteiger partial charge in [0, 0.05) is 19.4 Å². The van der Waals surface area contributed by atoms with Gasteiger partial charge in [0.2, 0.25) is 5.76 Å². The Morgan fingerprint density at radius 2 is 2.32 bits per heavy atom. The molecular formula is C15H19N3O4. The zero-order chi connectivity index (χ0) is 15.7. The summed E-state index contributed by atoms with van der Waals surface area (Å²) < 4.78 is 10.6. The fourth-order valence-electron chi connectivity index (χ4n) is 2.49. The lowest BCUT2D eigenvalue weighted by atomic mass is 10.1. The SMILES string of the molecule is CC(C)CCc1nc2c(o1)CCN(C(=O)c1cc(=O)[nH]o1)C2. The van der Waals surface area contributed by atoms with Gasteiger partial charge in [-0.25, -0.2) is 4.98 Å². The van der Waals surface area contributed by atoms with Crippen LogP contribution in [0.5, 0.6) is 0 Å². The number of amides is 1. The highest BCUT2D eigenvalue weighted by Crippen LogP contribution is 2.22. The summed E-state index contributed by atoms with van der Waals surface area (Å²) in [6.07, 6.45) is 2.46. The lowest BCUT2D eigenvalue weighted by Gasteiger charge is -2.23. The van der Waals surface area contributed by atoms with Gasteiger partial charge < -0.3 is 13.8 Å². The normalized spacial score (nSPS) is 14.4. The maximum Gasteiger partial charge on any atom is 0.292 e. The van der Waals surface area contributed by atoms with E-state index < -0.39 is 5.56 Å². The first-order valence-corrected chi connectivity index (χ1v) is 7.48. The van der Waals surface area contributed by atoms with Crippen molar-refractivity contribution in [1.82, 2.24) is 15.0 Å². The molecule has 0 saturated heterocycles. The highest BCUT2D eigenvalue weighted by Gasteiger charge is 2.27. The van der Waals surface area contributed by atoms with E-state index in [4.69, 9.17) is 8.94 Å². The molecule has 118 valence electrons. The molecule has 1 N–H and O–H groups in total. The van der Waals surface area contributed by atoms with Crippen LogP contribution in [-0.2, 0) is 19.4 Å². The zero-order valence-electron chi connectivity index (χ0n) is 12.7. The summed E-state index contributed by atoms with van der Waals surface area (Å²) >= 11 is 0. The summed E-state index contributed by atoms with van der Waals surface area (Å²) in [5.41, 5.74) is 0.384. The van der Waals surface area contributed by atoms with Crippen molar-refractivity contribution in [3.63, 3.8) is 0 Å². The Bertz CT molecular complexity index is 725. The predicted octanol–water partition coefficient (Wildman–Crippen LogP) is 1.74. The molecule has 0 bridgehead atoms. The molecule has 2 aromatic rings. The molecule has 0 atom stereocenters. The first kappa shape index (κ1) is 14.6. The molecule has 0 spiro atoms. The molecular weight excluding hydrogens is 286 g/mol. The Labute approximate surface area is 127 Å². The summed E-state index contributed by atoms with van der Waals surface area (Å²) in [6.45, 7) is 5.23. The molecule has 1 aliphatic heterocycles. The summed E-state index contributed by atoms with van der Waals surface area (Å²) in [4.78, 5) is 29.4. The molecule has 0 fully saturated rings. The van der Waals surface area contributed by atoms with E-state index >= 15 is 0 Å². The number of rotatable bonds is 4. The second-order valence-corrected chi connectivity index (χ2v) is 5.96. The Hall–Kier alpha value is -2.31. The van der Waals surface area contributed by atoms with Gasteiger partial charge in [-0.3, -0.25) is 9.59 Å². The Morgan fingerprint density at radius 1 is 1.50 bits per heavy atom. The van der Waals surface area contributed by atoms with Crippen molar-refractivity contribution in [2.75, 3.05) is 6.54 Å². The van der Waals surface area contributed by atoms with Crippen LogP contribution in [-0.4, -0.2) is 27.5 Å². The molecule has 3 rings (SSSR count). The van der Waals surface area contributed by atoms with E-state index in [1.165, 1.54) is 0 Å². The second kappa shape index (κ2) is 5.82. The average molecular weight is 305 g/mol. The number of carbonyl (C=O) groups is 1. The number of aromatic nitrogens is 2. The van der Waals surface area contributed by atoms with Crippen molar-refractivity contribution in [3.8, 4) is 0 Å². The highest BCUT2D eigenvalue weighted by molar-refractivity contribution is 5.91. The monoisotopic (exact) mass is 305 g/mol. The van der Waals surface area contributed by atoms with Gasteiger partial charge in [-0.2, -0.15) is 5.16 Å². The van der Waals surface area contributed by atoms with Crippen LogP contribution in [0.3, 0.4) is 0 Å². The zero-order valence-corrected chi connectivity index (χ0v) is 12.7. The van der Waals surface area contributed by atoms with Crippen molar-refractivity contribution in [1.29, 1.82) is 0 Å². The van der Waals surface area contributed by atoms with E-state index in [0.717, 1.165) is 36.3 Å². The van der Waals surface area contributed by atoms with Gasteiger partial charge in [0.05, 0.1) is 12.6 Å². The van der Waals surface area contributed by atoms with E-state index in [2.05, 4.69) is 24.0 Å². The minimum absolute atomic E-state index is 0.0250. The van der Waals surface area contributed by atoms with Gasteiger partial charge in [0.25, 0.3) is 11.5 Å². The number of aromatic amines is 1. The van der Waals surface area contributed by atoms with E-state index in [1.54, 1.807) is 4.90 Å². The van der Waals surface area contributed by atoms with E-state index in [-0.39, 0.29) is 11.7 Å². The van der Waals surface area contributed by atoms with Gasteiger partial charge in [-0.05, 0) is 12.3 Å². The first-order chi connectivity index (χ1) is 10.5. The number of nitrogens with one attached hydrogen (secondary N) is 1. The summed E-state index contributed by atoms with van der Waals surface area (Å²) in [5.74, 6) is 1.91. The number of hydrogen-bond acceptors (Lipinski definition) is 5. The maximum atomic E-state index is 12.3. The van der Waals surface area contributed by atoms with Crippen LogP contribution in [0.2, 0.25) is 0 Å². The van der Waals surface area contributed by atoms with Crippen LogP contribution in [0.15, 0.2) is 19.8 Å². The molecule has 2 aromatic heterocycles. The van der Waals surface area contributed by atoms with Crippen LogP contribution in [0.4, 0.5) is 0 Å². The average Bonchev–Trinajstić information content (AvgIpc) is 3.09. The van der Waals surface area contributed by atoms with Crippen molar-refractivity contribution in [3.05, 3.63) is 39.5 Å². The fourth-order valence-corrected chi connectivity index (χ4v) is 2.49. The molecule has 1 amide bonds. The lowest BCUT2D eigenvalue weighted by molar-refractivity contribution is 0.0685. The van der Waals surface area contributed by atoms with Crippen LogP contribution in [0.25, 0.3) is 0 Å². The third-order valence-corrected chi connectivity index (χ3v) is 3.73. The van der Waals surface area contributed by atoms with Gasteiger partial charge in [-0.15, -0.1) is 0 Å². The molecule has 7 nitrogen and oxygen atoms in total. The number of fused-ring (bicyclic) bond motifs is 1. The molecule has 0 unspecified atom stereocenters. The van der Waals surface area contributed by atoms with E-state index in [0.29, 0.717) is 25.4 Å². The largest absolute Gasteiger partial charge is 0.445 e. The van der Waals surface area contributed by atoms with Gasteiger partial charge in [-0.1, -0.05) is 13.8 Å². The molecule has 0 saturated carbocycles. The lowest BCUT2D eigenvalue weighted by Crippen LogP contribution is -2.35. The Kier molecular flexibility index (Phi) is 3.87. The van der Waals surface area contributed by atoms with Crippen LogP contribution in [0.1, 0.15) is 48.2 Å². The van der Waals surface area contributed by atoms with Crippen molar-refractivity contribution in [2.24, 2.45) is 5.92 Å². The van der Waals surface area contributed by atoms with Gasteiger partial charge in [0.1, 0.15) is 11.5 Å². The minimum atomic E-state index is -0.418. The second-order valence-electron chi connectivity index (χ2n) is 5.96. The predicted molar refractivity (Wildman–Crippen MR) is 77.4 cm³/mol. The Morgan fingerprint density at radius 3 is 3.00 bits per heavy atom. The van der Waals surface area contributed by atoms with Crippen LogP contribution >= 0.6 is 0 Å². The minimum Gasteiger partial charge on any atom is -0.445 e. The molecule has 7 heteroatoms. The number of hydrogen-bond donors (Lipinski definition) is 1. The molecule has 0 aromatic carbocycles. The Balaban J connectivity index is 1.70. The van der Waals surface area contributed by atoms with Gasteiger partial charge in [0.15, 0.2) is 5.89 Å². The molecule has 3 heterocycles. The number of aryl methyl sites for hydroxylation is 1. The number of carbonyl (C=O) groups excluding carboxylic acids is 1. The maximum absolute atomic E-state index is 12.3.